The van der Waals surface area contributed by atoms with Crippen LogP contribution >= 0.6 is 0 Å². The van der Waals surface area contributed by atoms with E-state index in [1.807, 2.05) is 31.2 Å². The number of aryl methyl sites for hydroxylation is 1. The van der Waals surface area contributed by atoms with Gasteiger partial charge in [-0.05, 0) is 30.0 Å². The van der Waals surface area contributed by atoms with Gasteiger partial charge in [0.25, 0.3) is 0 Å². The fraction of sp³-hybridized carbons (Fsp3) is 0.125. The Balaban J connectivity index is 2.18. The molecule has 96 valence electrons. The van der Waals surface area contributed by atoms with E-state index in [1.54, 1.807) is 18.4 Å². The van der Waals surface area contributed by atoms with E-state index >= 15 is 0 Å². The molecule has 19 heavy (non-hydrogen) atoms. The highest BCUT2D eigenvalue weighted by Crippen LogP contribution is 2.29. The van der Waals surface area contributed by atoms with Gasteiger partial charge in [0.1, 0.15) is 11.6 Å². The summed E-state index contributed by atoms with van der Waals surface area (Å²) in [5, 5.41) is 1.43. The van der Waals surface area contributed by atoms with Crippen molar-refractivity contribution < 1.29 is 8.81 Å². The van der Waals surface area contributed by atoms with E-state index in [9.17, 15) is 4.39 Å². The molecule has 0 amide bonds. The molecule has 0 spiro atoms. The minimum Gasteiger partial charge on any atom is -0.469 e. The summed E-state index contributed by atoms with van der Waals surface area (Å²) in [5.74, 6) is 0.590. The van der Waals surface area contributed by atoms with Crippen LogP contribution in [-0.4, -0.2) is 0 Å². The van der Waals surface area contributed by atoms with E-state index in [4.69, 9.17) is 10.2 Å². The van der Waals surface area contributed by atoms with Gasteiger partial charge in [-0.1, -0.05) is 30.3 Å². The monoisotopic (exact) mass is 255 g/mol. The Bertz CT molecular complexity index is 732. The average molecular weight is 255 g/mol. The van der Waals surface area contributed by atoms with Crippen molar-refractivity contribution in [1.82, 2.24) is 0 Å². The standard InChI is InChI=1S/C16H14FNO/c1-10-8-11(9-19-10)16(18)14-6-7-15(17)13-5-3-2-4-12(13)14/h2-9,16H,18H2,1H3. The number of halogens is 1. The van der Waals surface area contributed by atoms with Crippen LogP contribution < -0.4 is 5.73 Å². The van der Waals surface area contributed by atoms with Crippen LogP contribution in [0.4, 0.5) is 4.39 Å². The Morgan fingerprint density at radius 3 is 2.53 bits per heavy atom. The third-order valence-electron chi connectivity index (χ3n) is 3.35. The van der Waals surface area contributed by atoms with Gasteiger partial charge in [0, 0.05) is 10.9 Å². The van der Waals surface area contributed by atoms with Gasteiger partial charge in [0.2, 0.25) is 0 Å². The third-order valence-corrected chi connectivity index (χ3v) is 3.35. The Hall–Kier alpha value is -2.13. The second-order valence-electron chi connectivity index (χ2n) is 4.65. The highest BCUT2D eigenvalue weighted by Gasteiger charge is 2.15. The zero-order chi connectivity index (χ0) is 13.4. The lowest BCUT2D eigenvalue weighted by atomic mass is 9.95. The highest BCUT2D eigenvalue weighted by atomic mass is 19.1. The molecule has 0 aliphatic rings. The van der Waals surface area contributed by atoms with E-state index in [0.717, 1.165) is 22.3 Å². The van der Waals surface area contributed by atoms with Crippen LogP contribution in [0.3, 0.4) is 0 Å². The van der Waals surface area contributed by atoms with Crippen LogP contribution in [0.15, 0.2) is 53.1 Å². The Morgan fingerprint density at radius 2 is 1.84 bits per heavy atom. The van der Waals surface area contributed by atoms with Gasteiger partial charge in [0.05, 0.1) is 12.3 Å². The molecule has 0 aliphatic carbocycles. The number of fused-ring (bicyclic) bond motifs is 1. The van der Waals surface area contributed by atoms with Crippen LogP contribution in [0, 0.1) is 12.7 Å². The predicted octanol–water partition coefficient (Wildman–Crippen LogP) is 3.93. The summed E-state index contributed by atoms with van der Waals surface area (Å²) in [6, 6.07) is 12.2. The van der Waals surface area contributed by atoms with Gasteiger partial charge < -0.3 is 10.2 Å². The summed E-state index contributed by atoms with van der Waals surface area (Å²) in [4.78, 5) is 0. The first-order valence-electron chi connectivity index (χ1n) is 6.14. The fourth-order valence-corrected chi connectivity index (χ4v) is 2.36. The van der Waals surface area contributed by atoms with Crippen molar-refractivity contribution in [1.29, 1.82) is 0 Å². The zero-order valence-corrected chi connectivity index (χ0v) is 10.6. The first-order chi connectivity index (χ1) is 9.16. The fourth-order valence-electron chi connectivity index (χ4n) is 2.36. The zero-order valence-electron chi connectivity index (χ0n) is 10.6. The van der Waals surface area contributed by atoms with Crippen LogP contribution in [0.25, 0.3) is 10.8 Å². The van der Waals surface area contributed by atoms with Gasteiger partial charge in [-0.3, -0.25) is 0 Å². The number of rotatable bonds is 2. The average Bonchev–Trinajstić information content (AvgIpc) is 2.86. The molecular formula is C16H14FNO. The van der Waals surface area contributed by atoms with Gasteiger partial charge >= 0.3 is 0 Å². The van der Waals surface area contributed by atoms with E-state index in [0.29, 0.717) is 5.39 Å². The minimum atomic E-state index is -0.317. The first-order valence-corrected chi connectivity index (χ1v) is 6.14. The molecule has 0 fully saturated rings. The lowest BCUT2D eigenvalue weighted by Crippen LogP contribution is -2.11. The maximum absolute atomic E-state index is 13.8. The van der Waals surface area contributed by atoms with Crippen molar-refractivity contribution in [2.24, 2.45) is 5.73 Å². The smallest absolute Gasteiger partial charge is 0.131 e. The third kappa shape index (κ3) is 2.02. The van der Waals surface area contributed by atoms with Gasteiger partial charge in [0.15, 0.2) is 0 Å². The van der Waals surface area contributed by atoms with Crippen molar-refractivity contribution in [3.8, 4) is 0 Å². The molecule has 2 nitrogen and oxygen atoms in total. The van der Waals surface area contributed by atoms with Crippen LogP contribution in [0.1, 0.15) is 22.9 Å². The van der Waals surface area contributed by atoms with Crippen molar-refractivity contribution >= 4 is 10.8 Å². The van der Waals surface area contributed by atoms with E-state index in [2.05, 4.69) is 0 Å². The molecule has 1 heterocycles. The lowest BCUT2D eigenvalue weighted by Gasteiger charge is -2.13. The van der Waals surface area contributed by atoms with Crippen LogP contribution in [0.5, 0.6) is 0 Å². The second kappa shape index (κ2) is 4.52. The summed E-state index contributed by atoms with van der Waals surface area (Å²) in [6.45, 7) is 1.87. The van der Waals surface area contributed by atoms with Crippen molar-refractivity contribution in [3.05, 3.63) is 71.4 Å². The van der Waals surface area contributed by atoms with Crippen molar-refractivity contribution in [3.63, 3.8) is 0 Å². The molecule has 3 heteroatoms. The predicted molar refractivity (Wildman–Crippen MR) is 73.4 cm³/mol. The molecule has 0 bridgehead atoms. The Morgan fingerprint density at radius 1 is 1.11 bits per heavy atom. The lowest BCUT2D eigenvalue weighted by molar-refractivity contribution is 0.530. The molecule has 0 saturated carbocycles. The molecule has 2 N–H and O–H groups in total. The molecule has 1 aromatic heterocycles. The van der Waals surface area contributed by atoms with Gasteiger partial charge in [-0.2, -0.15) is 0 Å². The largest absolute Gasteiger partial charge is 0.469 e. The first kappa shape index (κ1) is 11.9. The number of benzene rings is 2. The van der Waals surface area contributed by atoms with E-state index in [-0.39, 0.29) is 11.9 Å². The molecule has 3 rings (SSSR count). The van der Waals surface area contributed by atoms with Crippen molar-refractivity contribution in [2.75, 3.05) is 0 Å². The molecule has 1 unspecified atom stereocenters. The molecule has 3 aromatic rings. The quantitative estimate of drug-likeness (QED) is 0.753. The van der Waals surface area contributed by atoms with Gasteiger partial charge in [-0.25, -0.2) is 4.39 Å². The topological polar surface area (TPSA) is 39.2 Å². The maximum Gasteiger partial charge on any atom is 0.131 e. The molecule has 0 saturated heterocycles. The number of furan rings is 1. The van der Waals surface area contributed by atoms with Gasteiger partial charge in [-0.15, -0.1) is 0 Å². The van der Waals surface area contributed by atoms with Crippen LogP contribution in [-0.2, 0) is 0 Å². The summed E-state index contributed by atoms with van der Waals surface area (Å²) in [7, 11) is 0. The van der Waals surface area contributed by atoms with E-state index < -0.39 is 0 Å². The molecule has 1 atom stereocenters. The minimum absolute atomic E-state index is 0.227. The van der Waals surface area contributed by atoms with E-state index in [1.165, 1.54) is 6.07 Å². The van der Waals surface area contributed by atoms with Crippen LogP contribution in [0.2, 0.25) is 0 Å². The summed E-state index contributed by atoms with van der Waals surface area (Å²) < 4.78 is 19.1. The van der Waals surface area contributed by atoms with Crippen molar-refractivity contribution in [2.45, 2.75) is 13.0 Å². The molecule has 0 radical (unpaired) electrons. The Kier molecular flexibility index (Phi) is 2.84. The Labute approximate surface area is 110 Å². The number of nitrogens with two attached hydrogens (primary N) is 1. The maximum atomic E-state index is 13.8. The number of hydrogen-bond donors (Lipinski definition) is 1. The summed E-state index contributed by atoms with van der Waals surface area (Å²) >= 11 is 0. The highest BCUT2D eigenvalue weighted by molar-refractivity contribution is 5.87. The summed E-state index contributed by atoms with van der Waals surface area (Å²) in [6.07, 6.45) is 1.65. The SMILES string of the molecule is Cc1cc(C(N)c2ccc(F)c3ccccc23)co1. The normalized spacial score (nSPS) is 12.8. The molecule has 0 aliphatic heterocycles. The summed E-state index contributed by atoms with van der Waals surface area (Å²) in [5.41, 5.74) is 8.06. The second-order valence-corrected chi connectivity index (χ2v) is 4.65. The number of hydrogen-bond acceptors (Lipinski definition) is 2. The molecular weight excluding hydrogens is 241 g/mol. The molecule has 2 aromatic carbocycles.